The van der Waals surface area contributed by atoms with E-state index in [0.717, 1.165) is 5.56 Å². The Labute approximate surface area is 146 Å². The highest BCUT2D eigenvalue weighted by molar-refractivity contribution is 7.90. The van der Waals surface area contributed by atoms with Gasteiger partial charge in [0.1, 0.15) is 12.4 Å². The summed E-state index contributed by atoms with van der Waals surface area (Å²) in [6, 6.07) is 16.3. The SMILES string of the molecule is O=C(CCc1ccccc1)OCCN=C1NS(=O)(=O)c2ccccc21. The van der Waals surface area contributed by atoms with Gasteiger partial charge in [-0.15, -0.1) is 0 Å². The zero-order chi connectivity index (χ0) is 17.7. The van der Waals surface area contributed by atoms with Crippen LogP contribution in [0.2, 0.25) is 0 Å². The molecule has 0 spiro atoms. The van der Waals surface area contributed by atoms with Gasteiger partial charge in [0.05, 0.1) is 11.4 Å². The molecule has 0 fully saturated rings. The Bertz CT molecular complexity index is 892. The molecular formula is C18H18N2O4S. The topological polar surface area (TPSA) is 84.8 Å². The Morgan fingerprint density at radius 2 is 1.76 bits per heavy atom. The molecule has 0 aliphatic carbocycles. The first-order valence-electron chi connectivity index (χ1n) is 7.92. The maximum Gasteiger partial charge on any atom is 0.306 e. The summed E-state index contributed by atoms with van der Waals surface area (Å²) in [5.41, 5.74) is 1.62. The molecule has 1 N–H and O–H groups in total. The van der Waals surface area contributed by atoms with Crippen molar-refractivity contribution in [3.8, 4) is 0 Å². The summed E-state index contributed by atoms with van der Waals surface area (Å²) < 4.78 is 31.4. The van der Waals surface area contributed by atoms with Crippen molar-refractivity contribution in [1.82, 2.24) is 4.72 Å². The minimum absolute atomic E-state index is 0.112. The van der Waals surface area contributed by atoms with Gasteiger partial charge in [0, 0.05) is 12.0 Å². The van der Waals surface area contributed by atoms with Crippen molar-refractivity contribution in [3.63, 3.8) is 0 Å². The molecule has 7 heteroatoms. The number of aliphatic imine (C=N–C) groups is 1. The first-order chi connectivity index (χ1) is 12.1. The lowest BCUT2D eigenvalue weighted by Crippen LogP contribution is -2.23. The van der Waals surface area contributed by atoms with Crippen molar-refractivity contribution < 1.29 is 17.9 Å². The Kier molecular flexibility index (Phi) is 5.14. The number of esters is 1. The number of rotatable bonds is 6. The van der Waals surface area contributed by atoms with E-state index in [1.165, 1.54) is 6.07 Å². The van der Waals surface area contributed by atoms with E-state index in [9.17, 15) is 13.2 Å². The quantitative estimate of drug-likeness (QED) is 0.631. The van der Waals surface area contributed by atoms with Crippen LogP contribution in [0.15, 0.2) is 64.5 Å². The van der Waals surface area contributed by atoms with Gasteiger partial charge in [0.2, 0.25) is 0 Å². The van der Waals surface area contributed by atoms with Crippen molar-refractivity contribution in [2.75, 3.05) is 13.2 Å². The molecule has 3 rings (SSSR count). The van der Waals surface area contributed by atoms with Crippen molar-refractivity contribution in [1.29, 1.82) is 0 Å². The fourth-order valence-electron chi connectivity index (χ4n) is 2.53. The highest BCUT2D eigenvalue weighted by Gasteiger charge is 2.29. The van der Waals surface area contributed by atoms with Gasteiger partial charge in [-0.3, -0.25) is 14.5 Å². The molecule has 0 amide bonds. The van der Waals surface area contributed by atoms with Gasteiger partial charge in [-0.1, -0.05) is 42.5 Å². The lowest BCUT2D eigenvalue weighted by atomic mass is 10.1. The summed E-state index contributed by atoms with van der Waals surface area (Å²) in [4.78, 5) is 16.1. The Balaban J connectivity index is 1.49. The number of benzene rings is 2. The van der Waals surface area contributed by atoms with Gasteiger partial charge < -0.3 is 4.74 Å². The number of ether oxygens (including phenoxy) is 1. The van der Waals surface area contributed by atoms with Crippen LogP contribution in [0.4, 0.5) is 0 Å². The number of fused-ring (bicyclic) bond motifs is 1. The van der Waals surface area contributed by atoms with Gasteiger partial charge in [0.25, 0.3) is 10.0 Å². The number of amidine groups is 1. The molecule has 2 aromatic rings. The van der Waals surface area contributed by atoms with E-state index >= 15 is 0 Å². The van der Waals surface area contributed by atoms with E-state index in [1.807, 2.05) is 30.3 Å². The van der Waals surface area contributed by atoms with Crippen LogP contribution in [0.25, 0.3) is 0 Å². The molecule has 1 aliphatic heterocycles. The zero-order valence-corrected chi connectivity index (χ0v) is 14.3. The predicted octanol–water partition coefficient (Wildman–Crippen LogP) is 1.90. The lowest BCUT2D eigenvalue weighted by molar-refractivity contribution is -0.143. The van der Waals surface area contributed by atoms with Crippen LogP contribution in [0.5, 0.6) is 0 Å². The molecule has 2 aromatic carbocycles. The summed E-state index contributed by atoms with van der Waals surface area (Å²) in [7, 11) is -3.54. The lowest BCUT2D eigenvalue weighted by Gasteiger charge is -2.04. The van der Waals surface area contributed by atoms with Crippen molar-refractivity contribution in [3.05, 3.63) is 65.7 Å². The number of aryl methyl sites for hydroxylation is 1. The van der Waals surface area contributed by atoms with E-state index in [1.54, 1.807) is 18.2 Å². The predicted molar refractivity (Wildman–Crippen MR) is 93.9 cm³/mol. The van der Waals surface area contributed by atoms with E-state index < -0.39 is 10.0 Å². The van der Waals surface area contributed by atoms with E-state index in [0.29, 0.717) is 18.4 Å². The third-order valence-corrected chi connectivity index (χ3v) is 5.14. The molecule has 0 unspecified atom stereocenters. The van der Waals surface area contributed by atoms with Crippen molar-refractivity contribution >= 4 is 21.8 Å². The first-order valence-corrected chi connectivity index (χ1v) is 9.41. The molecule has 6 nitrogen and oxygen atoms in total. The summed E-state index contributed by atoms with van der Waals surface area (Å²) in [6.07, 6.45) is 0.928. The number of nitrogens with zero attached hydrogens (tertiary/aromatic N) is 1. The number of nitrogens with one attached hydrogen (secondary N) is 1. The van der Waals surface area contributed by atoms with Gasteiger partial charge in [-0.2, -0.15) is 0 Å². The third kappa shape index (κ3) is 4.24. The van der Waals surface area contributed by atoms with Gasteiger partial charge in [0.15, 0.2) is 0 Å². The van der Waals surface area contributed by atoms with Crippen molar-refractivity contribution in [2.24, 2.45) is 4.99 Å². The Morgan fingerprint density at radius 3 is 2.56 bits per heavy atom. The molecule has 0 aromatic heterocycles. The maximum atomic E-state index is 11.9. The Hall–Kier alpha value is -2.67. The van der Waals surface area contributed by atoms with E-state index in [2.05, 4.69) is 9.71 Å². The number of carbonyl (C=O) groups excluding carboxylic acids is 1. The van der Waals surface area contributed by atoms with Crippen molar-refractivity contribution in [2.45, 2.75) is 17.7 Å². The maximum absolute atomic E-state index is 11.9. The smallest absolute Gasteiger partial charge is 0.306 e. The standard InChI is InChI=1S/C18H18N2O4S/c21-17(11-10-14-6-2-1-3-7-14)24-13-12-19-18-15-8-4-5-9-16(15)25(22,23)20-18/h1-9H,10-13H2,(H,19,20). The molecule has 1 aliphatic rings. The number of carbonyl (C=O) groups is 1. The van der Waals surface area contributed by atoms with Crippen LogP contribution in [-0.2, 0) is 26.0 Å². The molecule has 0 bridgehead atoms. The van der Waals surface area contributed by atoms with E-state index in [4.69, 9.17) is 4.74 Å². The van der Waals surface area contributed by atoms with Crippen LogP contribution in [0.1, 0.15) is 17.5 Å². The molecule has 0 atom stereocenters. The van der Waals surface area contributed by atoms with Crippen LogP contribution >= 0.6 is 0 Å². The fourth-order valence-corrected chi connectivity index (χ4v) is 3.78. The van der Waals surface area contributed by atoms with E-state index in [-0.39, 0.29) is 29.9 Å². The molecule has 1 heterocycles. The molecular weight excluding hydrogens is 340 g/mol. The van der Waals surface area contributed by atoms with Gasteiger partial charge in [-0.05, 0) is 24.1 Å². The van der Waals surface area contributed by atoms with Crippen LogP contribution in [0, 0.1) is 0 Å². The average molecular weight is 358 g/mol. The summed E-state index contributed by atoms with van der Waals surface area (Å²) in [6.45, 7) is 0.310. The second-order valence-corrected chi connectivity index (χ2v) is 7.19. The van der Waals surface area contributed by atoms with Crippen LogP contribution < -0.4 is 4.72 Å². The summed E-state index contributed by atoms with van der Waals surface area (Å²) in [5.74, 6) is -0.00705. The highest BCUT2D eigenvalue weighted by atomic mass is 32.2. The fraction of sp³-hybridized carbons (Fsp3) is 0.222. The summed E-state index contributed by atoms with van der Waals surface area (Å²) in [5, 5.41) is 0. The summed E-state index contributed by atoms with van der Waals surface area (Å²) >= 11 is 0. The minimum Gasteiger partial charge on any atom is -0.464 e. The number of hydrogen-bond acceptors (Lipinski definition) is 5. The van der Waals surface area contributed by atoms with Crippen LogP contribution in [0.3, 0.4) is 0 Å². The monoisotopic (exact) mass is 358 g/mol. The van der Waals surface area contributed by atoms with Gasteiger partial charge >= 0.3 is 5.97 Å². The molecule has 25 heavy (non-hydrogen) atoms. The Morgan fingerprint density at radius 1 is 1.04 bits per heavy atom. The second kappa shape index (κ2) is 7.48. The zero-order valence-electron chi connectivity index (χ0n) is 13.5. The largest absolute Gasteiger partial charge is 0.464 e. The minimum atomic E-state index is -3.54. The first kappa shape index (κ1) is 17.2. The number of sulfonamides is 1. The third-order valence-electron chi connectivity index (χ3n) is 3.75. The molecule has 0 saturated carbocycles. The second-order valence-electron chi connectivity index (χ2n) is 5.54. The van der Waals surface area contributed by atoms with Crippen LogP contribution in [-0.4, -0.2) is 33.4 Å². The van der Waals surface area contributed by atoms with Gasteiger partial charge in [-0.25, -0.2) is 8.42 Å². The molecule has 0 radical (unpaired) electrons. The average Bonchev–Trinajstić information content (AvgIpc) is 2.89. The normalized spacial score (nSPS) is 16.2. The molecule has 130 valence electrons. The number of hydrogen-bond donors (Lipinski definition) is 1. The molecule has 0 saturated heterocycles. The highest BCUT2D eigenvalue weighted by Crippen LogP contribution is 2.21.